The van der Waals surface area contributed by atoms with Gasteiger partial charge in [-0.15, -0.1) is 0 Å². The van der Waals surface area contributed by atoms with Gasteiger partial charge in [0, 0.05) is 42.4 Å². The summed E-state index contributed by atoms with van der Waals surface area (Å²) >= 11 is 6.40. The Balaban J connectivity index is 1.31. The molecule has 0 atom stereocenters. The summed E-state index contributed by atoms with van der Waals surface area (Å²) < 4.78 is 0. The van der Waals surface area contributed by atoms with Gasteiger partial charge in [-0.3, -0.25) is 0 Å². The molecule has 2 aliphatic rings. The number of fused-ring (bicyclic) bond motifs is 6. The Morgan fingerprint density at radius 3 is 2.70 bits per heavy atom. The van der Waals surface area contributed by atoms with E-state index in [1.807, 2.05) is 30.3 Å². The average molecular weight is 514 g/mol. The molecule has 9 nitrogen and oxygen atoms in total. The molecular formula is C27H28ClN9. The molecule has 0 radical (unpaired) electrons. The van der Waals surface area contributed by atoms with Gasteiger partial charge in [0.15, 0.2) is 5.82 Å². The molecule has 0 aliphatic carbocycles. The van der Waals surface area contributed by atoms with Crippen LogP contribution in [0, 0.1) is 0 Å². The smallest absolute Gasteiger partial charge is 0.229 e. The minimum atomic E-state index is 0.273. The van der Waals surface area contributed by atoms with Gasteiger partial charge in [0.1, 0.15) is 10.8 Å². The molecule has 6 rings (SSSR count). The predicted octanol–water partition coefficient (Wildman–Crippen LogP) is 5.18. The molecule has 0 amide bonds. The maximum atomic E-state index is 6.40. The number of rotatable bonds is 3. The van der Waals surface area contributed by atoms with Crippen molar-refractivity contribution in [2.75, 3.05) is 33.9 Å². The molecule has 4 heterocycles. The van der Waals surface area contributed by atoms with Crippen LogP contribution in [0.1, 0.15) is 24.0 Å². The first-order valence-corrected chi connectivity index (χ1v) is 12.9. The number of nitrogens with zero attached hydrogens (tertiary/aromatic N) is 5. The zero-order valence-corrected chi connectivity index (χ0v) is 21.0. The van der Waals surface area contributed by atoms with E-state index in [9.17, 15) is 0 Å². The van der Waals surface area contributed by atoms with E-state index in [2.05, 4.69) is 54.0 Å². The Labute approximate surface area is 220 Å². The first kappa shape index (κ1) is 23.4. The first-order chi connectivity index (χ1) is 18.1. The monoisotopic (exact) mass is 513 g/mol. The van der Waals surface area contributed by atoms with Crippen molar-refractivity contribution >= 4 is 52.2 Å². The number of halogens is 1. The molecular weight excluding hydrogens is 486 g/mol. The first-order valence-electron chi connectivity index (χ1n) is 12.5. The highest BCUT2D eigenvalue weighted by Crippen LogP contribution is 2.30. The molecule has 2 aromatic carbocycles. The Morgan fingerprint density at radius 1 is 0.946 bits per heavy atom. The van der Waals surface area contributed by atoms with Crippen LogP contribution in [0.4, 0.5) is 40.6 Å². The average Bonchev–Trinajstić information content (AvgIpc) is 2.91. The van der Waals surface area contributed by atoms with E-state index in [1.165, 1.54) is 5.56 Å². The minimum absolute atomic E-state index is 0.273. The van der Waals surface area contributed by atoms with Crippen LogP contribution in [0.15, 0.2) is 60.9 Å². The fourth-order valence-corrected chi connectivity index (χ4v) is 4.84. The molecule has 1 saturated heterocycles. The lowest BCUT2D eigenvalue weighted by Gasteiger charge is -2.31. The summed E-state index contributed by atoms with van der Waals surface area (Å²) in [7, 11) is 0. The van der Waals surface area contributed by atoms with Crippen LogP contribution in [0.5, 0.6) is 0 Å². The van der Waals surface area contributed by atoms with Gasteiger partial charge >= 0.3 is 0 Å². The van der Waals surface area contributed by atoms with Crippen molar-refractivity contribution in [3.63, 3.8) is 0 Å². The SMILES string of the molecule is NC1CCN(c2ccnc(Nc3ccc4cc3CCc3cccc(c3)Nc3ncc(Cl)c(n3)N4)n2)CC1. The van der Waals surface area contributed by atoms with E-state index in [4.69, 9.17) is 22.3 Å². The number of anilines is 7. The van der Waals surface area contributed by atoms with Crippen molar-refractivity contribution in [1.29, 1.82) is 0 Å². The summed E-state index contributed by atoms with van der Waals surface area (Å²) in [6.07, 6.45) is 7.03. The third kappa shape index (κ3) is 5.42. The number of piperidine rings is 1. The molecule has 5 N–H and O–H groups in total. The van der Waals surface area contributed by atoms with Crippen molar-refractivity contribution in [3.8, 4) is 0 Å². The fraction of sp³-hybridized carbons (Fsp3) is 0.259. The Kier molecular flexibility index (Phi) is 6.46. The van der Waals surface area contributed by atoms with Gasteiger partial charge in [0.05, 0.1) is 6.20 Å². The van der Waals surface area contributed by atoms with Gasteiger partial charge < -0.3 is 26.6 Å². The maximum Gasteiger partial charge on any atom is 0.229 e. The zero-order valence-electron chi connectivity index (χ0n) is 20.3. The third-order valence-corrected chi connectivity index (χ3v) is 7.01. The molecule has 37 heavy (non-hydrogen) atoms. The van der Waals surface area contributed by atoms with Crippen molar-refractivity contribution in [2.45, 2.75) is 31.7 Å². The van der Waals surface area contributed by atoms with E-state index < -0.39 is 0 Å². The topological polar surface area (TPSA) is 117 Å². The highest BCUT2D eigenvalue weighted by Gasteiger charge is 2.18. The van der Waals surface area contributed by atoms with Gasteiger partial charge in [0.2, 0.25) is 11.9 Å². The van der Waals surface area contributed by atoms with Gasteiger partial charge in [-0.2, -0.15) is 9.97 Å². The molecule has 0 saturated carbocycles. The van der Waals surface area contributed by atoms with Gasteiger partial charge in [-0.05, 0) is 73.2 Å². The maximum absolute atomic E-state index is 6.40. The second kappa shape index (κ2) is 10.2. The van der Waals surface area contributed by atoms with Crippen molar-refractivity contribution < 1.29 is 0 Å². The zero-order chi connectivity index (χ0) is 25.2. The lowest BCUT2D eigenvalue weighted by atomic mass is 10.0. The number of aromatic nitrogens is 4. The largest absolute Gasteiger partial charge is 0.356 e. The van der Waals surface area contributed by atoms with Crippen LogP contribution in [0.3, 0.4) is 0 Å². The van der Waals surface area contributed by atoms with Crippen LogP contribution >= 0.6 is 11.6 Å². The van der Waals surface area contributed by atoms with Crippen LogP contribution in [-0.4, -0.2) is 39.1 Å². The fourth-order valence-electron chi connectivity index (χ4n) is 4.70. The summed E-state index contributed by atoms with van der Waals surface area (Å²) in [6.45, 7) is 1.81. The molecule has 0 spiro atoms. The molecule has 0 unspecified atom stereocenters. The number of nitrogens with one attached hydrogen (secondary N) is 3. The molecule has 4 aromatic rings. The summed E-state index contributed by atoms with van der Waals surface area (Å²) in [5, 5.41) is 10.5. The van der Waals surface area contributed by atoms with E-state index in [-0.39, 0.29) is 6.04 Å². The molecule has 10 heteroatoms. The third-order valence-electron chi connectivity index (χ3n) is 6.73. The molecule has 1 fully saturated rings. The minimum Gasteiger partial charge on any atom is -0.356 e. The highest BCUT2D eigenvalue weighted by molar-refractivity contribution is 6.32. The van der Waals surface area contributed by atoms with Gasteiger partial charge in [0.25, 0.3) is 0 Å². The van der Waals surface area contributed by atoms with Crippen LogP contribution < -0.4 is 26.6 Å². The number of aryl methyl sites for hydroxylation is 2. The van der Waals surface area contributed by atoms with E-state index in [0.29, 0.717) is 22.7 Å². The molecule has 2 aliphatic heterocycles. The molecule has 6 bridgehead atoms. The number of benzene rings is 2. The van der Waals surface area contributed by atoms with E-state index >= 15 is 0 Å². The van der Waals surface area contributed by atoms with Crippen LogP contribution in [0.2, 0.25) is 5.02 Å². The number of hydrogen-bond acceptors (Lipinski definition) is 9. The quantitative estimate of drug-likeness (QED) is 0.294. The normalized spacial score (nSPS) is 15.5. The van der Waals surface area contributed by atoms with Crippen LogP contribution in [-0.2, 0) is 12.8 Å². The Bertz CT molecular complexity index is 1420. The van der Waals surface area contributed by atoms with Gasteiger partial charge in [-0.1, -0.05) is 23.7 Å². The summed E-state index contributed by atoms with van der Waals surface area (Å²) in [5.74, 6) is 2.51. The molecule has 2 aromatic heterocycles. The molecule has 188 valence electrons. The standard InChI is InChI=1S/C27H28ClN9/c28-22-16-31-27-33-20-3-1-2-17(14-20)4-5-18-15-21(32-25(22)36-27)6-7-23(18)34-26-30-11-8-24(35-26)37-12-9-19(29)10-13-37/h1-3,6-8,11,14-16,19H,4-5,9-10,12-13,29H2,(H,30,34,35)(H2,31,32,33,36). The van der Waals surface area contributed by atoms with Gasteiger partial charge in [-0.25, -0.2) is 9.97 Å². The Morgan fingerprint density at radius 2 is 1.81 bits per heavy atom. The summed E-state index contributed by atoms with van der Waals surface area (Å²) in [4.78, 5) is 20.5. The highest BCUT2D eigenvalue weighted by atomic mass is 35.5. The van der Waals surface area contributed by atoms with Crippen molar-refractivity contribution in [2.24, 2.45) is 5.73 Å². The lowest BCUT2D eigenvalue weighted by Crippen LogP contribution is -2.40. The van der Waals surface area contributed by atoms with Crippen molar-refractivity contribution in [1.82, 2.24) is 19.9 Å². The second-order valence-electron chi connectivity index (χ2n) is 9.40. The van der Waals surface area contributed by atoms with Crippen molar-refractivity contribution in [3.05, 3.63) is 77.1 Å². The summed E-state index contributed by atoms with van der Waals surface area (Å²) in [6, 6.07) is 16.7. The van der Waals surface area contributed by atoms with E-state index in [0.717, 1.165) is 67.2 Å². The number of hydrogen-bond donors (Lipinski definition) is 4. The Hall–Kier alpha value is -3.95. The lowest BCUT2D eigenvalue weighted by molar-refractivity contribution is 0.498. The van der Waals surface area contributed by atoms with Crippen LogP contribution in [0.25, 0.3) is 0 Å². The number of nitrogens with two attached hydrogens (primary N) is 1. The predicted molar refractivity (Wildman–Crippen MR) is 149 cm³/mol. The second-order valence-corrected chi connectivity index (χ2v) is 9.81. The van der Waals surface area contributed by atoms with E-state index in [1.54, 1.807) is 12.4 Å². The summed E-state index contributed by atoms with van der Waals surface area (Å²) in [5.41, 5.74) is 11.2.